The van der Waals surface area contributed by atoms with E-state index in [9.17, 15) is 0 Å². The summed E-state index contributed by atoms with van der Waals surface area (Å²) >= 11 is 5.22. The molecule has 0 saturated carbocycles. The summed E-state index contributed by atoms with van der Waals surface area (Å²) in [6.07, 6.45) is 5.44. The molecule has 4 rings (SSSR count). The topological polar surface area (TPSA) is 99.0 Å². The minimum Gasteiger partial charge on any atom is -0.468 e. The van der Waals surface area contributed by atoms with Gasteiger partial charge in [0.25, 0.3) is 0 Å². The van der Waals surface area contributed by atoms with Crippen LogP contribution in [0.25, 0.3) is 22.4 Å². The molecular weight excluding hydrogens is 426 g/mol. The third kappa shape index (κ3) is 5.34. The Labute approximate surface area is 190 Å². The van der Waals surface area contributed by atoms with E-state index >= 15 is 0 Å². The quantitative estimate of drug-likeness (QED) is 0.310. The normalized spacial score (nSPS) is 10.8. The lowest BCUT2D eigenvalue weighted by Gasteiger charge is -2.08. The molecule has 164 valence electrons. The summed E-state index contributed by atoms with van der Waals surface area (Å²) in [5.74, 6) is 1.37. The summed E-state index contributed by atoms with van der Waals surface area (Å²) in [7, 11) is 1.59. The Morgan fingerprint density at radius 3 is 2.72 bits per heavy atom. The van der Waals surface area contributed by atoms with Crippen LogP contribution in [0.3, 0.4) is 0 Å². The van der Waals surface area contributed by atoms with Gasteiger partial charge in [0.2, 0.25) is 0 Å². The van der Waals surface area contributed by atoms with Gasteiger partial charge in [0.15, 0.2) is 17.6 Å². The van der Waals surface area contributed by atoms with Gasteiger partial charge in [0, 0.05) is 25.4 Å². The molecule has 2 N–H and O–H groups in total. The average Bonchev–Trinajstić information content (AvgIpc) is 3.27. The zero-order valence-electron chi connectivity index (χ0n) is 17.8. The highest BCUT2D eigenvalue weighted by Gasteiger charge is 2.08. The molecule has 4 aromatic rings. The average molecular weight is 450 g/mol. The third-order valence-corrected chi connectivity index (χ3v) is 4.77. The second kappa shape index (κ2) is 10.1. The Kier molecular flexibility index (Phi) is 6.83. The van der Waals surface area contributed by atoms with Crippen molar-refractivity contribution in [2.45, 2.75) is 13.5 Å². The summed E-state index contributed by atoms with van der Waals surface area (Å²) in [6.45, 7) is 3.56. The van der Waals surface area contributed by atoms with Gasteiger partial charge in [-0.25, -0.2) is 9.97 Å². The van der Waals surface area contributed by atoms with E-state index in [0.29, 0.717) is 34.3 Å². The second-order valence-corrected chi connectivity index (χ2v) is 7.31. The summed E-state index contributed by atoms with van der Waals surface area (Å²) in [5.41, 5.74) is 3.90. The summed E-state index contributed by atoms with van der Waals surface area (Å²) in [4.78, 5) is 13.7. The maximum absolute atomic E-state index is 5.42. The number of nitrogens with zero attached hydrogens (tertiary/aromatic N) is 5. The van der Waals surface area contributed by atoms with Crippen LogP contribution in [0.5, 0.6) is 5.75 Å². The van der Waals surface area contributed by atoms with E-state index < -0.39 is 0 Å². The van der Waals surface area contributed by atoms with Gasteiger partial charge >= 0.3 is 0 Å². The smallest absolute Gasteiger partial charge is 0.188 e. The SMILES string of the molecule is CCNC(=S)Nc1ccc2ncc(-c3cnn(Cc4ccc(OCOC)cc4)c3)nc2n1. The van der Waals surface area contributed by atoms with Gasteiger partial charge in [0.05, 0.1) is 24.6 Å². The van der Waals surface area contributed by atoms with Crippen LogP contribution in [0.2, 0.25) is 0 Å². The summed E-state index contributed by atoms with van der Waals surface area (Å²) < 4.78 is 12.2. The maximum Gasteiger partial charge on any atom is 0.188 e. The van der Waals surface area contributed by atoms with Crippen LogP contribution in [0, 0.1) is 0 Å². The lowest BCUT2D eigenvalue weighted by atomic mass is 10.2. The summed E-state index contributed by atoms with van der Waals surface area (Å²) in [6, 6.07) is 11.5. The van der Waals surface area contributed by atoms with Crippen molar-refractivity contribution < 1.29 is 9.47 Å². The molecule has 0 aliphatic rings. The Morgan fingerprint density at radius 1 is 1.09 bits per heavy atom. The van der Waals surface area contributed by atoms with Gasteiger partial charge in [-0.2, -0.15) is 5.10 Å². The molecule has 0 atom stereocenters. The van der Waals surface area contributed by atoms with E-state index in [-0.39, 0.29) is 6.79 Å². The molecule has 0 radical (unpaired) electrons. The van der Waals surface area contributed by atoms with Gasteiger partial charge in [0.1, 0.15) is 17.1 Å². The van der Waals surface area contributed by atoms with Crippen LogP contribution in [0.15, 0.2) is 55.0 Å². The van der Waals surface area contributed by atoms with E-state index in [1.54, 1.807) is 19.5 Å². The van der Waals surface area contributed by atoms with Crippen molar-refractivity contribution in [3.63, 3.8) is 0 Å². The first-order valence-corrected chi connectivity index (χ1v) is 10.5. The van der Waals surface area contributed by atoms with Crippen LogP contribution in [-0.4, -0.2) is 50.3 Å². The number of hydrogen-bond donors (Lipinski definition) is 2. The van der Waals surface area contributed by atoms with Gasteiger partial charge in [-0.1, -0.05) is 12.1 Å². The van der Waals surface area contributed by atoms with E-state index in [4.69, 9.17) is 21.7 Å². The molecule has 10 heteroatoms. The second-order valence-electron chi connectivity index (χ2n) is 6.90. The highest BCUT2D eigenvalue weighted by Crippen LogP contribution is 2.20. The van der Waals surface area contributed by atoms with Crippen LogP contribution < -0.4 is 15.4 Å². The lowest BCUT2D eigenvalue weighted by Crippen LogP contribution is -2.28. The molecule has 32 heavy (non-hydrogen) atoms. The fraction of sp³-hybridized carbons (Fsp3) is 0.227. The molecule has 9 nitrogen and oxygen atoms in total. The number of ether oxygens (including phenoxy) is 2. The van der Waals surface area contributed by atoms with Crippen LogP contribution in [0.4, 0.5) is 5.82 Å². The van der Waals surface area contributed by atoms with E-state index in [1.807, 2.05) is 54.2 Å². The standard InChI is InChI=1S/C22H23N7O2S/c1-3-23-22(32)28-20-9-8-18-21(27-20)26-19(11-24-18)16-10-25-29(13-16)12-15-4-6-17(7-5-15)31-14-30-2/h4-11,13H,3,12,14H2,1-2H3,(H2,23,26,27,28,32). The minimum atomic E-state index is 0.226. The van der Waals surface area contributed by atoms with Crippen molar-refractivity contribution >= 4 is 34.3 Å². The molecule has 0 aliphatic heterocycles. The first kappa shape index (κ1) is 21.6. The Morgan fingerprint density at radius 2 is 1.94 bits per heavy atom. The molecule has 0 aliphatic carbocycles. The predicted molar refractivity (Wildman–Crippen MR) is 126 cm³/mol. The van der Waals surface area contributed by atoms with Crippen LogP contribution in [-0.2, 0) is 11.3 Å². The molecule has 3 heterocycles. The number of nitrogens with one attached hydrogen (secondary N) is 2. The highest BCUT2D eigenvalue weighted by atomic mass is 32.1. The number of thiocarbonyl (C=S) groups is 1. The predicted octanol–water partition coefficient (Wildman–Crippen LogP) is 3.23. The first-order valence-electron chi connectivity index (χ1n) is 10.1. The Hall–Kier alpha value is -3.63. The van der Waals surface area contributed by atoms with Gasteiger partial charge < -0.3 is 20.1 Å². The van der Waals surface area contributed by atoms with Crippen LogP contribution >= 0.6 is 12.2 Å². The van der Waals surface area contributed by atoms with E-state index in [1.165, 1.54) is 0 Å². The molecule has 0 bridgehead atoms. The maximum atomic E-state index is 5.42. The van der Waals surface area contributed by atoms with Crippen molar-refractivity contribution in [2.75, 3.05) is 25.8 Å². The Balaban J connectivity index is 1.49. The zero-order valence-corrected chi connectivity index (χ0v) is 18.6. The highest BCUT2D eigenvalue weighted by molar-refractivity contribution is 7.80. The lowest BCUT2D eigenvalue weighted by molar-refractivity contribution is 0.0511. The Bertz CT molecular complexity index is 1210. The molecule has 0 saturated heterocycles. The van der Waals surface area contributed by atoms with Crippen molar-refractivity contribution in [2.24, 2.45) is 0 Å². The van der Waals surface area contributed by atoms with Crippen molar-refractivity contribution in [1.29, 1.82) is 0 Å². The van der Waals surface area contributed by atoms with Crippen molar-refractivity contribution in [1.82, 2.24) is 30.0 Å². The van der Waals surface area contributed by atoms with Crippen LogP contribution in [0.1, 0.15) is 12.5 Å². The number of pyridine rings is 1. The van der Waals surface area contributed by atoms with Gasteiger partial charge in [-0.3, -0.25) is 9.67 Å². The fourth-order valence-electron chi connectivity index (χ4n) is 3.01. The number of benzene rings is 1. The summed E-state index contributed by atoms with van der Waals surface area (Å²) in [5, 5.41) is 11.1. The number of fused-ring (bicyclic) bond motifs is 1. The molecule has 0 unspecified atom stereocenters. The number of methoxy groups -OCH3 is 1. The molecule has 1 aromatic carbocycles. The first-order chi connectivity index (χ1) is 15.6. The van der Waals surface area contributed by atoms with E-state index in [2.05, 4.69) is 30.7 Å². The molecule has 3 aromatic heterocycles. The number of anilines is 1. The number of hydrogen-bond acceptors (Lipinski definition) is 7. The fourth-order valence-corrected chi connectivity index (χ4v) is 3.26. The third-order valence-electron chi connectivity index (χ3n) is 4.53. The van der Waals surface area contributed by atoms with Crippen molar-refractivity contribution in [3.8, 4) is 17.0 Å². The molecule has 0 fully saturated rings. The van der Waals surface area contributed by atoms with Gasteiger partial charge in [-0.15, -0.1) is 0 Å². The van der Waals surface area contributed by atoms with E-state index in [0.717, 1.165) is 23.4 Å². The minimum absolute atomic E-state index is 0.226. The monoisotopic (exact) mass is 449 g/mol. The molecular formula is C22H23N7O2S. The van der Waals surface area contributed by atoms with Gasteiger partial charge in [-0.05, 0) is 49.0 Å². The van der Waals surface area contributed by atoms with Crippen molar-refractivity contribution in [3.05, 3.63) is 60.6 Å². The molecule has 0 spiro atoms. The number of rotatable bonds is 8. The molecule has 0 amide bonds. The largest absolute Gasteiger partial charge is 0.468 e. The zero-order chi connectivity index (χ0) is 22.3. The number of aromatic nitrogens is 5.